The summed E-state index contributed by atoms with van der Waals surface area (Å²) < 4.78 is 0. The van der Waals surface area contributed by atoms with Gasteiger partial charge >= 0.3 is 0 Å². The Morgan fingerprint density at radius 1 is 1.47 bits per heavy atom. The second-order valence-electron chi connectivity index (χ2n) is 4.80. The van der Waals surface area contributed by atoms with Crippen molar-refractivity contribution in [1.29, 1.82) is 0 Å². The summed E-state index contributed by atoms with van der Waals surface area (Å²) in [5.74, 6) is 0.0929. The SMILES string of the molecule is NCC1(CNC(=O)CCc2ccccn2)CC1. The summed E-state index contributed by atoms with van der Waals surface area (Å²) in [7, 11) is 0. The number of nitrogens with two attached hydrogens (primary N) is 1. The molecule has 0 spiro atoms. The van der Waals surface area contributed by atoms with Crippen molar-refractivity contribution in [3.63, 3.8) is 0 Å². The number of pyridine rings is 1. The minimum atomic E-state index is 0.0929. The van der Waals surface area contributed by atoms with E-state index in [1.807, 2.05) is 18.2 Å². The Morgan fingerprint density at radius 2 is 2.29 bits per heavy atom. The predicted octanol–water partition coefficient (Wildman–Crippen LogP) is 0.869. The first-order chi connectivity index (χ1) is 8.24. The fourth-order valence-corrected chi connectivity index (χ4v) is 1.79. The van der Waals surface area contributed by atoms with E-state index in [4.69, 9.17) is 5.73 Å². The highest BCUT2D eigenvalue weighted by Crippen LogP contribution is 2.43. The number of hydrogen-bond donors (Lipinski definition) is 2. The molecule has 1 amide bonds. The normalized spacial score (nSPS) is 16.5. The molecule has 17 heavy (non-hydrogen) atoms. The van der Waals surface area contributed by atoms with Crippen LogP contribution in [-0.2, 0) is 11.2 Å². The highest BCUT2D eigenvalue weighted by molar-refractivity contribution is 5.76. The van der Waals surface area contributed by atoms with Gasteiger partial charge in [-0.3, -0.25) is 9.78 Å². The van der Waals surface area contributed by atoms with Crippen molar-refractivity contribution in [2.45, 2.75) is 25.7 Å². The lowest BCUT2D eigenvalue weighted by molar-refractivity contribution is -0.121. The standard InChI is InChI=1S/C13H19N3O/c14-9-13(6-7-13)10-16-12(17)5-4-11-3-1-2-8-15-11/h1-3,8H,4-7,9-10,14H2,(H,16,17). The van der Waals surface area contributed by atoms with Crippen LogP contribution in [0.2, 0.25) is 0 Å². The first-order valence-corrected chi connectivity index (χ1v) is 6.11. The minimum absolute atomic E-state index is 0.0929. The van der Waals surface area contributed by atoms with Crippen LogP contribution in [0.15, 0.2) is 24.4 Å². The molecule has 3 N–H and O–H groups in total. The van der Waals surface area contributed by atoms with Crippen LogP contribution in [0.4, 0.5) is 0 Å². The van der Waals surface area contributed by atoms with E-state index in [2.05, 4.69) is 10.3 Å². The maximum atomic E-state index is 11.6. The Bertz CT molecular complexity index is 374. The van der Waals surface area contributed by atoms with Crippen LogP contribution >= 0.6 is 0 Å². The van der Waals surface area contributed by atoms with Crippen molar-refractivity contribution in [2.75, 3.05) is 13.1 Å². The van der Waals surface area contributed by atoms with Gasteiger partial charge in [0.2, 0.25) is 5.91 Å². The number of carbonyl (C=O) groups excluding carboxylic acids is 1. The first-order valence-electron chi connectivity index (χ1n) is 6.11. The average Bonchev–Trinajstić information content (AvgIpc) is 3.16. The molecule has 1 aliphatic rings. The number of nitrogens with one attached hydrogen (secondary N) is 1. The Hall–Kier alpha value is -1.42. The molecule has 1 aromatic rings. The summed E-state index contributed by atoms with van der Waals surface area (Å²) in [5.41, 5.74) is 6.83. The molecule has 1 aromatic heterocycles. The first kappa shape index (κ1) is 12.0. The van der Waals surface area contributed by atoms with E-state index in [9.17, 15) is 4.79 Å². The zero-order valence-electron chi connectivity index (χ0n) is 9.98. The van der Waals surface area contributed by atoms with E-state index in [0.29, 0.717) is 19.4 Å². The summed E-state index contributed by atoms with van der Waals surface area (Å²) in [4.78, 5) is 15.8. The van der Waals surface area contributed by atoms with Crippen LogP contribution in [0.5, 0.6) is 0 Å². The summed E-state index contributed by atoms with van der Waals surface area (Å²) in [5, 5.41) is 2.96. The van der Waals surface area contributed by atoms with E-state index < -0.39 is 0 Å². The number of hydrogen-bond acceptors (Lipinski definition) is 3. The number of carbonyl (C=O) groups is 1. The van der Waals surface area contributed by atoms with Gasteiger partial charge in [0.05, 0.1) is 0 Å². The molecule has 0 atom stereocenters. The third-order valence-electron chi connectivity index (χ3n) is 3.39. The number of rotatable bonds is 6. The maximum Gasteiger partial charge on any atom is 0.220 e. The van der Waals surface area contributed by atoms with Gasteiger partial charge in [-0.1, -0.05) is 6.07 Å². The van der Waals surface area contributed by atoms with E-state index in [1.54, 1.807) is 6.20 Å². The molecule has 0 saturated heterocycles. The molecule has 1 heterocycles. The van der Waals surface area contributed by atoms with Crippen molar-refractivity contribution in [3.8, 4) is 0 Å². The zero-order chi connectivity index (χ0) is 12.1. The zero-order valence-corrected chi connectivity index (χ0v) is 9.98. The van der Waals surface area contributed by atoms with Crippen molar-refractivity contribution in [1.82, 2.24) is 10.3 Å². The molecule has 1 aliphatic carbocycles. The monoisotopic (exact) mass is 233 g/mol. The lowest BCUT2D eigenvalue weighted by Crippen LogP contribution is -2.34. The molecule has 0 radical (unpaired) electrons. The van der Waals surface area contributed by atoms with Crippen LogP contribution in [-0.4, -0.2) is 24.0 Å². The van der Waals surface area contributed by atoms with E-state index >= 15 is 0 Å². The summed E-state index contributed by atoms with van der Waals surface area (Å²) in [6, 6.07) is 5.76. The van der Waals surface area contributed by atoms with Gasteiger partial charge in [-0.25, -0.2) is 0 Å². The topological polar surface area (TPSA) is 68.0 Å². The van der Waals surface area contributed by atoms with E-state index in [-0.39, 0.29) is 11.3 Å². The van der Waals surface area contributed by atoms with E-state index in [1.165, 1.54) is 0 Å². The molecular weight excluding hydrogens is 214 g/mol. The number of aromatic nitrogens is 1. The summed E-state index contributed by atoms with van der Waals surface area (Å²) in [6.07, 6.45) is 5.23. The Balaban J connectivity index is 1.68. The largest absolute Gasteiger partial charge is 0.355 e. The fourth-order valence-electron chi connectivity index (χ4n) is 1.79. The van der Waals surface area contributed by atoms with Crippen LogP contribution in [0.25, 0.3) is 0 Å². The highest BCUT2D eigenvalue weighted by atomic mass is 16.1. The second kappa shape index (κ2) is 5.27. The lowest BCUT2D eigenvalue weighted by atomic mass is 10.1. The molecule has 4 heteroatoms. The lowest BCUT2D eigenvalue weighted by Gasteiger charge is -2.13. The smallest absolute Gasteiger partial charge is 0.220 e. The summed E-state index contributed by atoms with van der Waals surface area (Å²) >= 11 is 0. The van der Waals surface area contributed by atoms with Crippen molar-refractivity contribution >= 4 is 5.91 Å². The van der Waals surface area contributed by atoms with Gasteiger partial charge in [-0.15, -0.1) is 0 Å². The Labute approximate surface area is 102 Å². The molecular formula is C13H19N3O. The van der Waals surface area contributed by atoms with Gasteiger partial charge in [0.15, 0.2) is 0 Å². The Kier molecular flexibility index (Phi) is 3.74. The molecule has 2 rings (SSSR count). The van der Waals surface area contributed by atoms with Crippen LogP contribution in [0.3, 0.4) is 0 Å². The molecule has 0 bridgehead atoms. The number of aryl methyl sites for hydroxylation is 1. The molecule has 0 unspecified atom stereocenters. The second-order valence-corrected chi connectivity index (χ2v) is 4.80. The Morgan fingerprint density at radius 3 is 2.88 bits per heavy atom. The van der Waals surface area contributed by atoms with Crippen molar-refractivity contribution in [2.24, 2.45) is 11.1 Å². The van der Waals surface area contributed by atoms with Crippen molar-refractivity contribution < 1.29 is 4.79 Å². The average molecular weight is 233 g/mol. The van der Waals surface area contributed by atoms with Gasteiger partial charge in [0.1, 0.15) is 0 Å². The number of amides is 1. The highest BCUT2D eigenvalue weighted by Gasteiger charge is 2.41. The number of nitrogens with zero attached hydrogens (tertiary/aromatic N) is 1. The van der Waals surface area contributed by atoms with Gasteiger partial charge in [0, 0.05) is 24.9 Å². The van der Waals surface area contributed by atoms with Crippen molar-refractivity contribution in [3.05, 3.63) is 30.1 Å². The van der Waals surface area contributed by atoms with Gasteiger partial charge in [0.25, 0.3) is 0 Å². The molecule has 4 nitrogen and oxygen atoms in total. The maximum absolute atomic E-state index is 11.6. The summed E-state index contributed by atoms with van der Waals surface area (Å²) in [6.45, 7) is 1.40. The van der Waals surface area contributed by atoms with Gasteiger partial charge in [-0.05, 0) is 43.4 Å². The third-order valence-corrected chi connectivity index (χ3v) is 3.39. The molecule has 0 aliphatic heterocycles. The quantitative estimate of drug-likeness (QED) is 0.766. The van der Waals surface area contributed by atoms with E-state index in [0.717, 1.165) is 25.1 Å². The van der Waals surface area contributed by atoms with Crippen LogP contribution in [0.1, 0.15) is 25.0 Å². The van der Waals surface area contributed by atoms with Gasteiger partial charge < -0.3 is 11.1 Å². The van der Waals surface area contributed by atoms with Crippen LogP contribution < -0.4 is 11.1 Å². The third kappa shape index (κ3) is 3.53. The fraction of sp³-hybridized carbons (Fsp3) is 0.538. The molecule has 92 valence electrons. The van der Waals surface area contributed by atoms with Gasteiger partial charge in [-0.2, -0.15) is 0 Å². The minimum Gasteiger partial charge on any atom is -0.355 e. The van der Waals surface area contributed by atoms with Crippen LogP contribution in [0, 0.1) is 5.41 Å². The predicted molar refractivity (Wildman–Crippen MR) is 66.3 cm³/mol. The molecule has 1 saturated carbocycles. The molecule has 1 fully saturated rings. The molecule has 0 aromatic carbocycles.